The van der Waals surface area contributed by atoms with Crippen molar-refractivity contribution in [3.05, 3.63) is 12.2 Å². The monoisotopic (exact) mass is 208 g/mol. The van der Waals surface area contributed by atoms with Gasteiger partial charge in [-0.25, -0.2) is 0 Å². The second-order valence-corrected chi connectivity index (χ2v) is 4.86. The number of hydrogen-bond donors (Lipinski definition) is 1. The highest BCUT2D eigenvalue weighted by atomic mass is 15.2. The van der Waals surface area contributed by atoms with E-state index in [2.05, 4.69) is 29.3 Å². The van der Waals surface area contributed by atoms with Crippen molar-refractivity contribution in [2.75, 3.05) is 19.6 Å². The molecule has 1 N–H and O–H groups in total. The number of nitrogens with one attached hydrogen (secondary N) is 1. The van der Waals surface area contributed by atoms with Crippen LogP contribution in [0.25, 0.3) is 0 Å². The number of likely N-dealkylation sites (tertiary alicyclic amines) is 1. The Morgan fingerprint density at radius 1 is 1.20 bits per heavy atom. The molecule has 2 aliphatic rings. The van der Waals surface area contributed by atoms with Crippen molar-refractivity contribution >= 4 is 0 Å². The molecule has 0 atom stereocenters. The summed E-state index contributed by atoms with van der Waals surface area (Å²) in [6.45, 7) is 6.03. The molecule has 0 spiro atoms. The second-order valence-electron chi connectivity index (χ2n) is 4.86. The van der Waals surface area contributed by atoms with Gasteiger partial charge in [0.05, 0.1) is 0 Å². The van der Waals surface area contributed by atoms with E-state index in [1.807, 2.05) is 0 Å². The molecule has 0 unspecified atom stereocenters. The first-order valence-corrected chi connectivity index (χ1v) is 6.52. The van der Waals surface area contributed by atoms with Gasteiger partial charge in [0.2, 0.25) is 0 Å². The molecule has 86 valence electrons. The van der Waals surface area contributed by atoms with Crippen molar-refractivity contribution < 1.29 is 0 Å². The van der Waals surface area contributed by atoms with Crippen LogP contribution in [0.1, 0.15) is 39.0 Å². The van der Waals surface area contributed by atoms with Crippen LogP contribution in [-0.4, -0.2) is 36.6 Å². The van der Waals surface area contributed by atoms with Gasteiger partial charge in [-0.2, -0.15) is 0 Å². The Morgan fingerprint density at radius 3 is 2.47 bits per heavy atom. The maximum atomic E-state index is 3.64. The fraction of sp³-hybridized carbons (Fsp3) is 0.846. The molecule has 2 nitrogen and oxygen atoms in total. The third-order valence-corrected chi connectivity index (χ3v) is 3.71. The minimum absolute atomic E-state index is 0.788. The molecule has 0 saturated carbocycles. The van der Waals surface area contributed by atoms with Gasteiger partial charge in [0, 0.05) is 12.1 Å². The summed E-state index contributed by atoms with van der Waals surface area (Å²) in [5.41, 5.74) is 0. The summed E-state index contributed by atoms with van der Waals surface area (Å²) in [6.07, 6.45) is 11.2. The topological polar surface area (TPSA) is 15.3 Å². The third-order valence-electron chi connectivity index (χ3n) is 3.71. The van der Waals surface area contributed by atoms with Crippen LogP contribution in [0, 0.1) is 0 Å². The first-order valence-electron chi connectivity index (χ1n) is 6.52. The summed E-state index contributed by atoms with van der Waals surface area (Å²) < 4.78 is 0. The van der Waals surface area contributed by atoms with E-state index in [4.69, 9.17) is 0 Å². The van der Waals surface area contributed by atoms with Gasteiger partial charge in [-0.15, -0.1) is 0 Å². The van der Waals surface area contributed by atoms with Crippen LogP contribution in [-0.2, 0) is 0 Å². The minimum atomic E-state index is 0.788. The molecule has 1 saturated heterocycles. The predicted octanol–water partition coefficient (Wildman–Crippen LogP) is 2.17. The summed E-state index contributed by atoms with van der Waals surface area (Å²) >= 11 is 0. The lowest BCUT2D eigenvalue weighted by Crippen LogP contribution is -2.46. The predicted molar refractivity (Wildman–Crippen MR) is 65.1 cm³/mol. The van der Waals surface area contributed by atoms with E-state index in [-0.39, 0.29) is 0 Å². The first kappa shape index (κ1) is 11.2. The van der Waals surface area contributed by atoms with Crippen molar-refractivity contribution in [2.24, 2.45) is 0 Å². The van der Waals surface area contributed by atoms with Crippen molar-refractivity contribution in [3.8, 4) is 0 Å². The summed E-state index contributed by atoms with van der Waals surface area (Å²) in [5.74, 6) is 0. The van der Waals surface area contributed by atoms with E-state index in [9.17, 15) is 0 Å². The molecule has 0 radical (unpaired) electrons. The molecule has 0 aromatic rings. The van der Waals surface area contributed by atoms with E-state index >= 15 is 0 Å². The Morgan fingerprint density at radius 2 is 1.87 bits per heavy atom. The fourth-order valence-electron chi connectivity index (χ4n) is 2.72. The number of piperidine rings is 1. The van der Waals surface area contributed by atoms with Crippen molar-refractivity contribution in [2.45, 2.75) is 51.1 Å². The summed E-state index contributed by atoms with van der Waals surface area (Å²) in [7, 11) is 0. The van der Waals surface area contributed by atoms with Gasteiger partial charge in [-0.05, 0) is 51.7 Å². The Bertz CT molecular complexity index is 197. The van der Waals surface area contributed by atoms with E-state index in [0.29, 0.717) is 0 Å². The fourth-order valence-corrected chi connectivity index (χ4v) is 2.72. The molecule has 0 amide bonds. The maximum Gasteiger partial charge on any atom is 0.0164 e. The number of nitrogens with zero attached hydrogens (tertiary/aromatic N) is 1. The Labute approximate surface area is 93.7 Å². The summed E-state index contributed by atoms with van der Waals surface area (Å²) in [4.78, 5) is 2.68. The number of rotatable bonds is 4. The molecule has 15 heavy (non-hydrogen) atoms. The first-order chi connectivity index (χ1) is 7.40. The highest BCUT2D eigenvalue weighted by Gasteiger charge is 2.24. The highest BCUT2D eigenvalue weighted by Crippen LogP contribution is 2.21. The Kier molecular flexibility index (Phi) is 4.21. The average Bonchev–Trinajstić information content (AvgIpc) is 2.80. The van der Waals surface area contributed by atoms with Crippen LogP contribution in [0.15, 0.2) is 12.2 Å². The lowest BCUT2D eigenvalue weighted by atomic mass is 10.0. The van der Waals surface area contributed by atoms with Crippen molar-refractivity contribution in [1.29, 1.82) is 0 Å². The van der Waals surface area contributed by atoms with Crippen LogP contribution in [0.5, 0.6) is 0 Å². The third kappa shape index (κ3) is 3.05. The summed E-state index contributed by atoms with van der Waals surface area (Å²) in [6, 6.07) is 1.62. The molecule has 0 aromatic heterocycles. The average molecular weight is 208 g/mol. The lowest BCUT2D eigenvalue weighted by molar-refractivity contribution is 0.148. The van der Waals surface area contributed by atoms with E-state index in [0.717, 1.165) is 12.1 Å². The standard InChI is InChI=1S/C13H24N2/c1-2-9-14-12-7-10-15(11-8-12)13-5-3-4-6-13/h3-4,12-14H,2,5-11H2,1H3. The maximum absolute atomic E-state index is 3.64. The van der Waals surface area contributed by atoms with E-state index in [1.165, 1.54) is 51.7 Å². The van der Waals surface area contributed by atoms with Gasteiger partial charge in [-0.3, -0.25) is 4.90 Å². The van der Waals surface area contributed by atoms with Gasteiger partial charge in [0.25, 0.3) is 0 Å². The zero-order valence-electron chi connectivity index (χ0n) is 9.91. The summed E-state index contributed by atoms with van der Waals surface area (Å²) in [5, 5.41) is 3.64. The molecule has 0 bridgehead atoms. The van der Waals surface area contributed by atoms with Crippen molar-refractivity contribution in [1.82, 2.24) is 10.2 Å². The molecule has 1 aliphatic heterocycles. The van der Waals surface area contributed by atoms with Crippen LogP contribution >= 0.6 is 0 Å². The molecule has 1 aliphatic carbocycles. The van der Waals surface area contributed by atoms with Crippen LogP contribution in [0.3, 0.4) is 0 Å². The quantitative estimate of drug-likeness (QED) is 0.712. The zero-order valence-corrected chi connectivity index (χ0v) is 9.91. The van der Waals surface area contributed by atoms with Crippen LogP contribution in [0.2, 0.25) is 0 Å². The van der Waals surface area contributed by atoms with Crippen LogP contribution < -0.4 is 5.32 Å². The normalized spacial score (nSPS) is 25.1. The highest BCUT2D eigenvalue weighted by molar-refractivity contribution is 4.99. The van der Waals surface area contributed by atoms with Gasteiger partial charge in [-0.1, -0.05) is 19.1 Å². The molecule has 2 heteroatoms. The molecule has 1 fully saturated rings. The van der Waals surface area contributed by atoms with Gasteiger partial charge >= 0.3 is 0 Å². The number of hydrogen-bond acceptors (Lipinski definition) is 2. The Hall–Kier alpha value is -0.340. The molecular weight excluding hydrogens is 184 g/mol. The van der Waals surface area contributed by atoms with E-state index in [1.54, 1.807) is 0 Å². The lowest BCUT2D eigenvalue weighted by Gasteiger charge is -2.36. The molecule has 1 heterocycles. The smallest absolute Gasteiger partial charge is 0.0164 e. The zero-order chi connectivity index (χ0) is 10.5. The second kappa shape index (κ2) is 5.66. The largest absolute Gasteiger partial charge is 0.314 e. The van der Waals surface area contributed by atoms with Crippen molar-refractivity contribution in [3.63, 3.8) is 0 Å². The Balaban J connectivity index is 1.67. The molecule has 0 aromatic carbocycles. The van der Waals surface area contributed by atoms with Gasteiger partial charge in [0.1, 0.15) is 0 Å². The molecular formula is C13H24N2. The SMILES string of the molecule is CCCNC1CCN(C2CC=CC2)CC1. The molecule has 2 rings (SSSR count). The minimum Gasteiger partial charge on any atom is -0.314 e. The van der Waals surface area contributed by atoms with Gasteiger partial charge in [0.15, 0.2) is 0 Å². The van der Waals surface area contributed by atoms with Gasteiger partial charge < -0.3 is 5.32 Å². The van der Waals surface area contributed by atoms with Crippen LogP contribution in [0.4, 0.5) is 0 Å². The van der Waals surface area contributed by atoms with E-state index < -0.39 is 0 Å².